The summed E-state index contributed by atoms with van der Waals surface area (Å²) in [7, 11) is 0. The van der Waals surface area contributed by atoms with Gasteiger partial charge in [0.25, 0.3) is 5.91 Å². The average molecular weight is 295 g/mol. The molecule has 2 N–H and O–H groups in total. The van der Waals surface area contributed by atoms with Gasteiger partial charge in [-0.3, -0.25) is 14.6 Å². The molecule has 2 heterocycles. The first-order valence-corrected chi connectivity index (χ1v) is 7.34. The van der Waals surface area contributed by atoms with Gasteiger partial charge in [-0.2, -0.15) is 0 Å². The van der Waals surface area contributed by atoms with Crippen molar-refractivity contribution in [3.8, 4) is 0 Å². The number of benzene rings is 1. The lowest BCUT2D eigenvalue weighted by atomic mass is 10.00. The van der Waals surface area contributed by atoms with Crippen LogP contribution in [-0.2, 0) is 17.6 Å². The van der Waals surface area contributed by atoms with E-state index in [4.69, 9.17) is 0 Å². The molecule has 3 rings (SSSR count). The fraction of sp³-hybridized carbons (Fsp3) is 0.235. The van der Waals surface area contributed by atoms with Gasteiger partial charge >= 0.3 is 0 Å². The minimum Gasteiger partial charge on any atom is -0.326 e. The van der Waals surface area contributed by atoms with Gasteiger partial charge in [-0.25, -0.2) is 0 Å². The van der Waals surface area contributed by atoms with Crippen molar-refractivity contribution in [2.45, 2.75) is 26.2 Å². The SMILES string of the molecule is CCc1cnccc1NC(=O)c1ccc2c(c1)CCC(=O)N2. The third kappa shape index (κ3) is 2.83. The molecule has 0 spiro atoms. The largest absolute Gasteiger partial charge is 0.326 e. The molecule has 0 saturated heterocycles. The molecule has 2 aromatic rings. The Labute approximate surface area is 128 Å². The number of nitrogens with zero attached hydrogens (tertiary/aromatic N) is 1. The molecule has 2 amide bonds. The fourth-order valence-corrected chi connectivity index (χ4v) is 2.55. The van der Waals surface area contributed by atoms with Crippen molar-refractivity contribution < 1.29 is 9.59 Å². The van der Waals surface area contributed by atoms with Crippen molar-refractivity contribution in [2.75, 3.05) is 10.6 Å². The topological polar surface area (TPSA) is 71.1 Å². The summed E-state index contributed by atoms with van der Waals surface area (Å²) in [5, 5.41) is 5.74. The quantitative estimate of drug-likeness (QED) is 0.914. The second-order valence-electron chi connectivity index (χ2n) is 5.26. The lowest BCUT2D eigenvalue weighted by Gasteiger charge is -2.17. The molecular weight excluding hydrogens is 278 g/mol. The smallest absolute Gasteiger partial charge is 0.255 e. The zero-order valence-corrected chi connectivity index (χ0v) is 12.3. The number of hydrogen-bond acceptors (Lipinski definition) is 3. The zero-order chi connectivity index (χ0) is 15.5. The van der Waals surface area contributed by atoms with E-state index in [2.05, 4.69) is 15.6 Å². The van der Waals surface area contributed by atoms with Gasteiger partial charge in [0, 0.05) is 35.8 Å². The monoisotopic (exact) mass is 295 g/mol. The molecule has 0 atom stereocenters. The van der Waals surface area contributed by atoms with Crippen molar-refractivity contribution in [3.05, 3.63) is 53.3 Å². The third-order valence-corrected chi connectivity index (χ3v) is 3.80. The van der Waals surface area contributed by atoms with E-state index in [1.807, 2.05) is 13.0 Å². The maximum absolute atomic E-state index is 12.4. The van der Waals surface area contributed by atoms with Crippen molar-refractivity contribution >= 4 is 23.2 Å². The van der Waals surface area contributed by atoms with Crippen LogP contribution in [0.4, 0.5) is 11.4 Å². The van der Waals surface area contributed by atoms with Crippen LogP contribution in [0.5, 0.6) is 0 Å². The molecule has 112 valence electrons. The predicted molar refractivity (Wildman–Crippen MR) is 85.0 cm³/mol. The highest BCUT2D eigenvalue weighted by Gasteiger charge is 2.17. The summed E-state index contributed by atoms with van der Waals surface area (Å²) in [6.07, 6.45) is 5.36. The van der Waals surface area contributed by atoms with Gasteiger partial charge in [0.05, 0.1) is 0 Å². The zero-order valence-electron chi connectivity index (χ0n) is 12.3. The normalized spacial score (nSPS) is 13.2. The van der Waals surface area contributed by atoms with E-state index >= 15 is 0 Å². The van der Waals surface area contributed by atoms with E-state index in [1.54, 1.807) is 30.6 Å². The molecule has 5 nitrogen and oxygen atoms in total. The number of aromatic nitrogens is 1. The number of anilines is 2. The van der Waals surface area contributed by atoms with Crippen LogP contribution in [0.1, 0.15) is 34.8 Å². The molecule has 1 aliphatic heterocycles. The van der Waals surface area contributed by atoms with Crippen LogP contribution in [0.15, 0.2) is 36.7 Å². The van der Waals surface area contributed by atoms with Gasteiger partial charge in [0.1, 0.15) is 0 Å². The Bertz CT molecular complexity index is 740. The van der Waals surface area contributed by atoms with Gasteiger partial charge in [0.15, 0.2) is 0 Å². The highest BCUT2D eigenvalue weighted by molar-refractivity contribution is 6.05. The summed E-state index contributed by atoms with van der Waals surface area (Å²) in [5.41, 5.74) is 4.17. The molecule has 0 radical (unpaired) electrons. The standard InChI is InChI=1S/C17H17N3O2/c1-2-11-10-18-8-7-15(11)20-17(22)13-3-5-14-12(9-13)4-6-16(21)19-14/h3,5,7-10H,2,4,6H2,1H3,(H,19,21)(H,18,20,22). The molecule has 0 fully saturated rings. The number of carbonyl (C=O) groups is 2. The highest BCUT2D eigenvalue weighted by atomic mass is 16.2. The molecule has 0 bridgehead atoms. The van der Waals surface area contributed by atoms with E-state index in [1.165, 1.54) is 0 Å². The summed E-state index contributed by atoms with van der Waals surface area (Å²) >= 11 is 0. The molecule has 0 aliphatic carbocycles. The number of carbonyl (C=O) groups excluding carboxylic acids is 2. The van der Waals surface area contributed by atoms with Crippen LogP contribution in [0.25, 0.3) is 0 Å². The maximum atomic E-state index is 12.4. The van der Waals surface area contributed by atoms with E-state index in [0.717, 1.165) is 28.9 Å². The Balaban J connectivity index is 1.82. The number of nitrogens with one attached hydrogen (secondary N) is 2. The van der Waals surface area contributed by atoms with Crippen LogP contribution >= 0.6 is 0 Å². The summed E-state index contributed by atoms with van der Waals surface area (Å²) in [6.45, 7) is 2.02. The van der Waals surface area contributed by atoms with Crippen LogP contribution in [0, 0.1) is 0 Å². The lowest BCUT2D eigenvalue weighted by Crippen LogP contribution is -2.20. The van der Waals surface area contributed by atoms with Gasteiger partial charge < -0.3 is 10.6 Å². The third-order valence-electron chi connectivity index (χ3n) is 3.80. The Kier molecular flexibility index (Phi) is 3.87. The van der Waals surface area contributed by atoms with Crippen molar-refractivity contribution in [2.24, 2.45) is 0 Å². The summed E-state index contributed by atoms with van der Waals surface area (Å²) in [4.78, 5) is 27.8. The van der Waals surface area contributed by atoms with Crippen LogP contribution in [-0.4, -0.2) is 16.8 Å². The predicted octanol–water partition coefficient (Wildman–Crippen LogP) is 2.78. The van der Waals surface area contributed by atoms with Crippen LogP contribution in [0.2, 0.25) is 0 Å². The summed E-state index contributed by atoms with van der Waals surface area (Å²) < 4.78 is 0. The molecular formula is C17H17N3O2. The van der Waals surface area contributed by atoms with Crippen molar-refractivity contribution in [1.82, 2.24) is 4.98 Å². The first-order chi connectivity index (χ1) is 10.7. The van der Waals surface area contributed by atoms with Gasteiger partial charge in [0.2, 0.25) is 5.91 Å². The second kappa shape index (κ2) is 5.97. The van der Waals surface area contributed by atoms with Gasteiger partial charge in [-0.1, -0.05) is 6.92 Å². The number of hydrogen-bond donors (Lipinski definition) is 2. The van der Waals surface area contributed by atoms with E-state index < -0.39 is 0 Å². The molecule has 1 aromatic carbocycles. The minimum absolute atomic E-state index is 0.0223. The van der Waals surface area contributed by atoms with Crippen LogP contribution in [0.3, 0.4) is 0 Å². The maximum Gasteiger partial charge on any atom is 0.255 e. The Morgan fingerprint density at radius 2 is 2.18 bits per heavy atom. The molecule has 1 aliphatic rings. The summed E-state index contributed by atoms with van der Waals surface area (Å²) in [6, 6.07) is 7.16. The fourth-order valence-electron chi connectivity index (χ4n) is 2.55. The first-order valence-electron chi connectivity index (χ1n) is 7.34. The van der Waals surface area contributed by atoms with E-state index in [0.29, 0.717) is 18.4 Å². The number of amides is 2. The van der Waals surface area contributed by atoms with E-state index in [-0.39, 0.29) is 11.8 Å². The van der Waals surface area contributed by atoms with Gasteiger partial charge in [-0.05, 0) is 48.2 Å². The molecule has 1 aromatic heterocycles. The highest BCUT2D eigenvalue weighted by Crippen LogP contribution is 2.24. The number of pyridine rings is 1. The Hall–Kier alpha value is -2.69. The van der Waals surface area contributed by atoms with Crippen molar-refractivity contribution in [1.29, 1.82) is 0 Å². The molecule has 0 saturated carbocycles. The second-order valence-corrected chi connectivity index (χ2v) is 5.26. The molecule has 22 heavy (non-hydrogen) atoms. The number of fused-ring (bicyclic) bond motifs is 1. The van der Waals surface area contributed by atoms with Gasteiger partial charge in [-0.15, -0.1) is 0 Å². The number of rotatable bonds is 3. The average Bonchev–Trinajstić information content (AvgIpc) is 2.54. The number of aryl methyl sites for hydroxylation is 2. The lowest BCUT2D eigenvalue weighted by molar-refractivity contribution is -0.116. The Morgan fingerprint density at radius 1 is 1.32 bits per heavy atom. The minimum atomic E-state index is -0.152. The molecule has 5 heteroatoms. The first kappa shape index (κ1) is 14.3. The Morgan fingerprint density at radius 3 is 3.00 bits per heavy atom. The van der Waals surface area contributed by atoms with E-state index in [9.17, 15) is 9.59 Å². The molecule has 0 unspecified atom stereocenters. The van der Waals surface area contributed by atoms with Crippen molar-refractivity contribution in [3.63, 3.8) is 0 Å². The van der Waals surface area contributed by atoms with Crippen LogP contribution < -0.4 is 10.6 Å². The summed E-state index contributed by atoms with van der Waals surface area (Å²) in [5.74, 6) is -0.130.